The van der Waals surface area contributed by atoms with Crippen LogP contribution in [0.3, 0.4) is 0 Å². The lowest BCUT2D eigenvalue weighted by molar-refractivity contribution is 0.166. The maximum Gasteiger partial charge on any atom is 0.0666 e. The second-order valence-corrected chi connectivity index (χ2v) is 4.39. The fraction of sp³-hybridized carbons (Fsp3) is 0.538. The van der Waals surface area contributed by atoms with Gasteiger partial charge in [-0.1, -0.05) is 0 Å². The van der Waals surface area contributed by atoms with Gasteiger partial charge in [0.2, 0.25) is 0 Å². The average Bonchev–Trinajstić information content (AvgIpc) is 2.32. The molecule has 1 aliphatic rings. The highest BCUT2D eigenvalue weighted by Gasteiger charge is 2.22. The Kier molecular flexibility index (Phi) is 3.67. The summed E-state index contributed by atoms with van der Waals surface area (Å²) in [6.45, 7) is 1.93. The molecule has 1 aromatic rings. The molecule has 0 radical (unpaired) electrons. The van der Waals surface area contributed by atoms with Gasteiger partial charge in [-0.25, -0.2) is 0 Å². The molecule has 1 atom stereocenters. The lowest BCUT2D eigenvalue weighted by Crippen LogP contribution is -2.42. The van der Waals surface area contributed by atoms with Crippen molar-refractivity contribution in [1.29, 1.82) is 0 Å². The first-order valence-electron chi connectivity index (χ1n) is 5.92. The zero-order chi connectivity index (χ0) is 11.4. The summed E-state index contributed by atoms with van der Waals surface area (Å²) in [6.07, 6.45) is 3.79. The predicted octanol–water partition coefficient (Wildman–Crippen LogP) is 2.27. The van der Waals surface area contributed by atoms with Gasteiger partial charge in [0.05, 0.1) is 12.6 Å². The second kappa shape index (κ2) is 5.21. The van der Waals surface area contributed by atoms with E-state index in [2.05, 4.69) is 17.0 Å². The summed E-state index contributed by atoms with van der Waals surface area (Å²) in [7, 11) is 1.77. The fourth-order valence-electron chi connectivity index (χ4n) is 2.37. The van der Waals surface area contributed by atoms with Crippen LogP contribution in [0.15, 0.2) is 24.3 Å². The zero-order valence-corrected chi connectivity index (χ0v) is 9.86. The molecule has 1 saturated heterocycles. The lowest BCUT2D eigenvalue weighted by atomic mass is 10.0. The monoisotopic (exact) mass is 220 g/mol. The molecule has 1 aromatic carbocycles. The molecule has 0 aromatic heterocycles. The van der Waals surface area contributed by atoms with Gasteiger partial charge in [-0.15, -0.1) is 0 Å². The van der Waals surface area contributed by atoms with Gasteiger partial charge in [-0.05, 0) is 43.5 Å². The third kappa shape index (κ3) is 2.47. The number of anilines is 2. The number of benzene rings is 1. The van der Waals surface area contributed by atoms with Crippen LogP contribution in [0.5, 0.6) is 0 Å². The highest BCUT2D eigenvalue weighted by Crippen LogP contribution is 2.25. The maximum atomic E-state index is 5.71. The van der Waals surface area contributed by atoms with Gasteiger partial charge < -0.3 is 15.4 Å². The molecular formula is C13H20N2O. The van der Waals surface area contributed by atoms with E-state index in [0.29, 0.717) is 6.04 Å². The van der Waals surface area contributed by atoms with Gasteiger partial charge in [0.1, 0.15) is 0 Å². The van der Waals surface area contributed by atoms with Gasteiger partial charge in [-0.2, -0.15) is 0 Å². The van der Waals surface area contributed by atoms with Gasteiger partial charge in [0, 0.05) is 25.0 Å². The van der Waals surface area contributed by atoms with E-state index in [1.165, 1.54) is 24.9 Å². The number of hydrogen-bond donors (Lipinski definition) is 1. The summed E-state index contributed by atoms with van der Waals surface area (Å²) in [5.41, 5.74) is 7.79. The Morgan fingerprint density at radius 3 is 2.75 bits per heavy atom. The number of nitrogens with zero attached hydrogens (tertiary/aromatic N) is 1. The third-order valence-electron chi connectivity index (χ3n) is 3.21. The van der Waals surface area contributed by atoms with E-state index < -0.39 is 0 Å². The van der Waals surface area contributed by atoms with Crippen LogP contribution < -0.4 is 10.6 Å². The zero-order valence-electron chi connectivity index (χ0n) is 9.86. The van der Waals surface area contributed by atoms with Crippen molar-refractivity contribution >= 4 is 11.4 Å². The summed E-state index contributed by atoms with van der Waals surface area (Å²) in [4.78, 5) is 2.44. The first-order valence-corrected chi connectivity index (χ1v) is 5.92. The van der Waals surface area contributed by atoms with Crippen LogP contribution in [0.25, 0.3) is 0 Å². The molecule has 2 rings (SSSR count). The summed E-state index contributed by atoms with van der Waals surface area (Å²) in [6, 6.07) is 8.65. The van der Waals surface area contributed by atoms with E-state index in [1.54, 1.807) is 7.11 Å². The number of methoxy groups -OCH3 is 1. The molecule has 3 heteroatoms. The molecule has 0 saturated carbocycles. The first-order chi connectivity index (χ1) is 7.81. The van der Waals surface area contributed by atoms with Gasteiger partial charge in [0.25, 0.3) is 0 Å². The van der Waals surface area contributed by atoms with E-state index in [9.17, 15) is 0 Å². The van der Waals surface area contributed by atoms with E-state index in [0.717, 1.165) is 18.8 Å². The fourth-order valence-corrected chi connectivity index (χ4v) is 2.37. The van der Waals surface area contributed by atoms with Crippen molar-refractivity contribution in [3.05, 3.63) is 24.3 Å². The number of nitrogen functional groups attached to an aromatic ring is 1. The van der Waals surface area contributed by atoms with Crippen LogP contribution in [0.4, 0.5) is 11.4 Å². The van der Waals surface area contributed by atoms with Crippen molar-refractivity contribution in [2.24, 2.45) is 0 Å². The van der Waals surface area contributed by atoms with E-state index in [-0.39, 0.29) is 0 Å². The van der Waals surface area contributed by atoms with Crippen LogP contribution in [0.2, 0.25) is 0 Å². The molecule has 0 bridgehead atoms. The molecule has 88 valence electrons. The number of rotatable bonds is 3. The molecule has 1 aliphatic heterocycles. The second-order valence-electron chi connectivity index (χ2n) is 4.39. The molecule has 1 heterocycles. The van der Waals surface area contributed by atoms with Crippen molar-refractivity contribution in [1.82, 2.24) is 0 Å². The maximum absolute atomic E-state index is 5.71. The van der Waals surface area contributed by atoms with Crippen LogP contribution in [-0.2, 0) is 4.74 Å². The Morgan fingerprint density at radius 1 is 1.31 bits per heavy atom. The van der Waals surface area contributed by atoms with Crippen molar-refractivity contribution in [2.45, 2.75) is 25.3 Å². The molecule has 0 amide bonds. The van der Waals surface area contributed by atoms with Crippen LogP contribution in [0, 0.1) is 0 Å². The van der Waals surface area contributed by atoms with Crippen LogP contribution in [-0.4, -0.2) is 26.3 Å². The molecular weight excluding hydrogens is 200 g/mol. The summed E-state index contributed by atoms with van der Waals surface area (Å²) < 4.78 is 5.29. The number of piperidine rings is 1. The van der Waals surface area contributed by atoms with E-state index >= 15 is 0 Å². The quantitative estimate of drug-likeness (QED) is 0.794. The Morgan fingerprint density at radius 2 is 2.06 bits per heavy atom. The average molecular weight is 220 g/mol. The molecule has 1 fully saturated rings. The Bertz CT molecular complexity index is 321. The van der Waals surface area contributed by atoms with E-state index in [4.69, 9.17) is 10.5 Å². The molecule has 0 aliphatic carbocycles. The standard InChI is InChI=1S/C13H20N2O/c1-16-10-13-4-2-3-9-15(13)12-7-5-11(14)6-8-12/h5-8,13H,2-4,9-10,14H2,1H3. The topological polar surface area (TPSA) is 38.5 Å². The summed E-state index contributed by atoms with van der Waals surface area (Å²) in [5, 5.41) is 0. The van der Waals surface area contributed by atoms with Crippen LogP contribution >= 0.6 is 0 Å². The van der Waals surface area contributed by atoms with Crippen molar-refractivity contribution in [2.75, 3.05) is 30.9 Å². The van der Waals surface area contributed by atoms with Gasteiger partial charge in [0.15, 0.2) is 0 Å². The predicted molar refractivity (Wildman–Crippen MR) is 67.7 cm³/mol. The Balaban J connectivity index is 2.13. The molecule has 3 nitrogen and oxygen atoms in total. The highest BCUT2D eigenvalue weighted by molar-refractivity contribution is 5.54. The summed E-state index contributed by atoms with van der Waals surface area (Å²) in [5.74, 6) is 0. The van der Waals surface area contributed by atoms with Crippen molar-refractivity contribution in [3.8, 4) is 0 Å². The Labute approximate surface area is 97.2 Å². The van der Waals surface area contributed by atoms with Crippen molar-refractivity contribution < 1.29 is 4.74 Å². The van der Waals surface area contributed by atoms with Crippen molar-refractivity contribution in [3.63, 3.8) is 0 Å². The third-order valence-corrected chi connectivity index (χ3v) is 3.21. The molecule has 2 N–H and O–H groups in total. The number of hydrogen-bond acceptors (Lipinski definition) is 3. The van der Waals surface area contributed by atoms with Gasteiger partial charge >= 0.3 is 0 Å². The molecule has 1 unspecified atom stereocenters. The lowest BCUT2D eigenvalue weighted by Gasteiger charge is -2.37. The largest absolute Gasteiger partial charge is 0.399 e. The van der Waals surface area contributed by atoms with Gasteiger partial charge in [-0.3, -0.25) is 0 Å². The first kappa shape index (κ1) is 11.3. The number of ether oxygens (including phenoxy) is 1. The number of nitrogens with two attached hydrogens (primary N) is 1. The summed E-state index contributed by atoms with van der Waals surface area (Å²) >= 11 is 0. The highest BCUT2D eigenvalue weighted by atomic mass is 16.5. The minimum absolute atomic E-state index is 0.516. The minimum Gasteiger partial charge on any atom is -0.399 e. The SMILES string of the molecule is COCC1CCCCN1c1ccc(N)cc1. The Hall–Kier alpha value is -1.22. The molecule has 16 heavy (non-hydrogen) atoms. The van der Waals surface area contributed by atoms with E-state index in [1.807, 2.05) is 12.1 Å². The molecule has 0 spiro atoms. The minimum atomic E-state index is 0.516. The normalized spacial score (nSPS) is 21.1. The smallest absolute Gasteiger partial charge is 0.0666 e. The van der Waals surface area contributed by atoms with Crippen LogP contribution in [0.1, 0.15) is 19.3 Å².